The maximum absolute atomic E-state index is 12.0. The third kappa shape index (κ3) is 2.18. The number of imidazole rings is 1. The highest BCUT2D eigenvalue weighted by atomic mass is 16.2. The van der Waals surface area contributed by atoms with Crippen molar-refractivity contribution in [3.05, 3.63) is 18.2 Å². The first-order chi connectivity index (χ1) is 7.16. The Balaban J connectivity index is 2.02. The first-order valence-electron chi connectivity index (χ1n) is 5.12. The SMILES string of the molecule is CN1CCN(C(=O)c2cn(C)cn2)CC1. The van der Waals surface area contributed by atoms with E-state index in [9.17, 15) is 4.79 Å². The van der Waals surface area contributed by atoms with E-state index in [1.165, 1.54) is 0 Å². The van der Waals surface area contributed by atoms with Crippen LogP contribution >= 0.6 is 0 Å². The largest absolute Gasteiger partial charge is 0.340 e. The molecular formula is C10H16N4O. The van der Waals surface area contributed by atoms with Gasteiger partial charge in [0.25, 0.3) is 5.91 Å². The van der Waals surface area contributed by atoms with Crippen LogP contribution in [0.15, 0.2) is 12.5 Å². The Hall–Kier alpha value is -1.36. The van der Waals surface area contributed by atoms with Crippen LogP contribution in [0.1, 0.15) is 10.5 Å². The smallest absolute Gasteiger partial charge is 0.274 e. The normalized spacial score (nSPS) is 18.1. The Morgan fingerprint density at radius 1 is 1.27 bits per heavy atom. The van der Waals surface area contributed by atoms with E-state index < -0.39 is 0 Å². The van der Waals surface area contributed by atoms with Gasteiger partial charge in [-0.1, -0.05) is 0 Å². The average Bonchev–Trinajstić information content (AvgIpc) is 2.65. The molecule has 0 bridgehead atoms. The molecule has 15 heavy (non-hydrogen) atoms. The zero-order chi connectivity index (χ0) is 10.8. The van der Waals surface area contributed by atoms with Crippen molar-refractivity contribution in [2.45, 2.75) is 0 Å². The summed E-state index contributed by atoms with van der Waals surface area (Å²) in [4.78, 5) is 20.1. The molecule has 0 aromatic carbocycles. The topological polar surface area (TPSA) is 41.4 Å². The van der Waals surface area contributed by atoms with Crippen molar-refractivity contribution in [2.24, 2.45) is 7.05 Å². The fourth-order valence-electron chi connectivity index (χ4n) is 1.69. The summed E-state index contributed by atoms with van der Waals surface area (Å²) in [6, 6.07) is 0. The maximum atomic E-state index is 12.0. The summed E-state index contributed by atoms with van der Waals surface area (Å²) in [5.74, 6) is 0.0451. The third-order valence-corrected chi connectivity index (χ3v) is 2.71. The quantitative estimate of drug-likeness (QED) is 0.642. The minimum absolute atomic E-state index is 0.0451. The van der Waals surface area contributed by atoms with Gasteiger partial charge in [0.05, 0.1) is 6.33 Å². The standard InChI is InChI=1S/C10H16N4O/c1-12-3-5-14(6-4-12)10(15)9-7-13(2)8-11-9/h7-8H,3-6H2,1-2H3. The van der Waals surface area contributed by atoms with Crippen molar-refractivity contribution in [2.75, 3.05) is 33.2 Å². The number of hydrogen-bond acceptors (Lipinski definition) is 3. The predicted octanol–water partition coefficient (Wildman–Crippen LogP) is -0.192. The number of aromatic nitrogens is 2. The number of nitrogens with zero attached hydrogens (tertiary/aromatic N) is 4. The fraction of sp³-hybridized carbons (Fsp3) is 0.600. The van der Waals surface area contributed by atoms with Crippen LogP contribution < -0.4 is 0 Å². The Morgan fingerprint density at radius 2 is 1.93 bits per heavy atom. The highest BCUT2D eigenvalue weighted by Gasteiger charge is 2.21. The molecule has 0 saturated carbocycles. The van der Waals surface area contributed by atoms with E-state index in [0.29, 0.717) is 5.69 Å². The lowest BCUT2D eigenvalue weighted by Crippen LogP contribution is -2.47. The summed E-state index contributed by atoms with van der Waals surface area (Å²) in [7, 11) is 3.94. The van der Waals surface area contributed by atoms with Crippen molar-refractivity contribution in [3.8, 4) is 0 Å². The molecule has 2 rings (SSSR count). The van der Waals surface area contributed by atoms with Crippen molar-refractivity contribution in [1.82, 2.24) is 19.4 Å². The number of aryl methyl sites for hydroxylation is 1. The average molecular weight is 208 g/mol. The summed E-state index contributed by atoms with van der Waals surface area (Å²) in [6.07, 6.45) is 3.42. The molecule has 5 nitrogen and oxygen atoms in total. The second kappa shape index (κ2) is 4.02. The van der Waals surface area contributed by atoms with Gasteiger partial charge in [0.15, 0.2) is 0 Å². The van der Waals surface area contributed by atoms with E-state index in [-0.39, 0.29) is 5.91 Å². The van der Waals surface area contributed by atoms with Crippen molar-refractivity contribution in [1.29, 1.82) is 0 Å². The van der Waals surface area contributed by atoms with Crippen LogP contribution in [0.2, 0.25) is 0 Å². The molecule has 2 heterocycles. The monoisotopic (exact) mass is 208 g/mol. The van der Waals surface area contributed by atoms with Crippen molar-refractivity contribution < 1.29 is 4.79 Å². The molecule has 0 aliphatic carbocycles. The Morgan fingerprint density at radius 3 is 2.47 bits per heavy atom. The molecule has 1 aliphatic heterocycles. The molecule has 1 saturated heterocycles. The molecule has 82 valence electrons. The molecule has 1 amide bonds. The van der Waals surface area contributed by atoms with Gasteiger partial charge < -0.3 is 14.4 Å². The minimum atomic E-state index is 0.0451. The van der Waals surface area contributed by atoms with Gasteiger partial charge in [-0.05, 0) is 7.05 Å². The predicted molar refractivity (Wildman–Crippen MR) is 56.6 cm³/mol. The molecule has 0 N–H and O–H groups in total. The minimum Gasteiger partial charge on any atom is -0.340 e. The molecule has 1 fully saturated rings. The fourth-order valence-corrected chi connectivity index (χ4v) is 1.69. The van der Waals surface area contributed by atoms with E-state index >= 15 is 0 Å². The van der Waals surface area contributed by atoms with Crippen molar-refractivity contribution >= 4 is 5.91 Å². The molecule has 1 aliphatic rings. The van der Waals surface area contributed by atoms with Crippen LogP contribution in [-0.2, 0) is 7.05 Å². The number of hydrogen-bond donors (Lipinski definition) is 0. The Kier molecular flexibility index (Phi) is 2.73. The molecule has 5 heteroatoms. The van der Waals surface area contributed by atoms with Crippen LogP contribution in [0, 0.1) is 0 Å². The second-order valence-corrected chi connectivity index (χ2v) is 4.02. The van der Waals surface area contributed by atoms with Gasteiger partial charge in [0, 0.05) is 39.4 Å². The summed E-state index contributed by atoms with van der Waals surface area (Å²) in [5, 5.41) is 0. The zero-order valence-electron chi connectivity index (χ0n) is 9.18. The van der Waals surface area contributed by atoms with Crippen LogP contribution in [-0.4, -0.2) is 58.5 Å². The molecular weight excluding hydrogens is 192 g/mol. The maximum Gasteiger partial charge on any atom is 0.274 e. The van der Waals surface area contributed by atoms with E-state index in [4.69, 9.17) is 0 Å². The Labute approximate surface area is 89.3 Å². The first-order valence-corrected chi connectivity index (χ1v) is 5.12. The first kappa shape index (κ1) is 10.2. The number of piperazine rings is 1. The van der Waals surface area contributed by atoms with E-state index in [1.54, 1.807) is 17.1 Å². The number of likely N-dealkylation sites (N-methyl/N-ethyl adjacent to an activating group) is 1. The molecule has 1 aromatic heterocycles. The number of carbonyl (C=O) groups excluding carboxylic acids is 1. The summed E-state index contributed by atoms with van der Waals surface area (Å²) in [6.45, 7) is 3.48. The molecule has 0 radical (unpaired) electrons. The van der Waals surface area contributed by atoms with Gasteiger partial charge in [0.1, 0.15) is 5.69 Å². The van der Waals surface area contributed by atoms with Crippen LogP contribution in [0.25, 0.3) is 0 Å². The van der Waals surface area contributed by atoms with E-state index in [1.807, 2.05) is 11.9 Å². The van der Waals surface area contributed by atoms with Gasteiger partial charge in [-0.25, -0.2) is 4.98 Å². The molecule has 0 spiro atoms. The lowest BCUT2D eigenvalue weighted by molar-refractivity contribution is 0.0658. The van der Waals surface area contributed by atoms with Crippen LogP contribution in [0.4, 0.5) is 0 Å². The second-order valence-electron chi connectivity index (χ2n) is 4.02. The van der Waals surface area contributed by atoms with Crippen LogP contribution in [0.3, 0.4) is 0 Å². The van der Waals surface area contributed by atoms with Gasteiger partial charge in [0.2, 0.25) is 0 Å². The lowest BCUT2D eigenvalue weighted by atomic mass is 10.3. The molecule has 0 unspecified atom stereocenters. The van der Waals surface area contributed by atoms with Crippen LogP contribution in [0.5, 0.6) is 0 Å². The van der Waals surface area contributed by atoms with E-state index in [2.05, 4.69) is 16.9 Å². The number of amides is 1. The summed E-state index contributed by atoms with van der Waals surface area (Å²) >= 11 is 0. The van der Waals surface area contributed by atoms with E-state index in [0.717, 1.165) is 26.2 Å². The highest BCUT2D eigenvalue weighted by molar-refractivity contribution is 5.92. The molecule has 1 aromatic rings. The Bertz CT molecular complexity index is 352. The van der Waals surface area contributed by atoms with Gasteiger partial charge >= 0.3 is 0 Å². The summed E-state index contributed by atoms with van der Waals surface area (Å²) in [5.41, 5.74) is 0.544. The molecule has 0 atom stereocenters. The van der Waals surface area contributed by atoms with Crippen molar-refractivity contribution in [3.63, 3.8) is 0 Å². The number of rotatable bonds is 1. The number of carbonyl (C=O) groups is 1. The third-order valence-electron chi connectivity index (χ3n) is 2.71. The van der Waals surface area contributed by atoms with Gasteiger partial charge in [-0.15, -0.1) is 0 Å². The summed E-state index contributed by atoms with van der Waals surface area (Å²) < 4.78 is 1.79. The lowest BCUT2D eigenvalue weighted by Gasteiger charge is -2.31. The van der Waals surface area contributed by atoms with Gasteiger partial charge in [-0.2, -0.15) is 0 Å². The highest BCUT2D eigenvalue weighted by Crippen LogP contribution is 2.05. The zero-order valence-corrected chi connectivity index (χ0v) is 9.18. The van der Waals surface area contributed by atoms with Gasteiger partial charge in [-0.3, -0.25) is 4.79 Å².